The summed E-state index contributed by atoms with van der Waals surface area (Å²) in [5, 5.41) is 0. The second-order valence-electron chi connectivity index (χ2n) is 4.26. The zero-order valence-electron chi connectivity index (χ0n) is 10.1. The number of hydrogen-bond acceptors (Lipinski definition) is 2. The molecule has 0 heterocycles. The first kappa shape index (κ1) is 11.6. The van der Waals surface area contributed by atoms with Crippen molar-refractivity contribution in [2.24, 2.45) is 5.92 Å². The summed E-state index contributed by atoms with van der Waals surface area (Å²) < 4.78 is 0. The lowest BCUT2D eigenvalue weighted by Crippen LogP contribution is -2.07. The Kier molecular flexibility index (Phi) is 3.43. The molecule has 1 fully saturated rings. The molecule has 1 aromatic carbocycles. The van der Waals surface area contributed by atoms with Crippen LogP contribution in [0.2, 0.25) is 0 Å². The number of carbonyl (C=O) groups excluding carboxylic acids is 1. The molecule has 0 saturated heterocycles. The quantitative estimate of drug-likeness (QED) is 0.714. The summed E-state index contributed by atoms with van der Waals surface area (Å²) in [6.07, 6.45) is 7.74. The van der Waals surface area contributed by atoms with Crippen molar-refractivity contribution in [3.63, 3.8) is 0 Å². The van der Waals surface area contributed by atoms with Crippen LogP contribution in [0.25, 0.3) is 0 Å². The molecule has 1 aliphatic carbocycles. The number of nitrogens with zero attached hydrogens (tertiary/aromatic N) is 1. The molecule has 0 radical (unpaired) electrons. The maximum atomic E-state index is 11.8. The van der Waals surface area contributed by atoms with Crippen LogP contribution in [0.15, 0.2) is 49.3 Å². The highest BCUT2D eigenvalue weighted by atomic mass is 16.1. The fraction of sp³-hybridized carbons (Fsp3) is 0.267. The van der Waals surface area contributed by atoms with Gasteiger partial charge in [-0.3, -0.25) is 4.79 Å². The predicted molar refractivity (Wildman–Crippen MR) is 71.0 cm³/mol. The molecular formula is C15H17NO. The lowest BCUT2D eigenvalue weighted by molar-refractivity contribution is 0.0967. The van der Waals surface area contributed by atoms with Crippen molar-refractivity contribution < 1.29 is 4.79 Å². The molecule has 88 valence electrons. The van der Waals surface area contributed by atoms with Crippen LogP contribution in [-0.4, -0.2) is 5.78 Å². The third-order valence-corrected chi connectivity index (χ3v) is 2.90. The van der Waals surface area contributed by atoms with Crippen molar-refractivity contribution >= 4 is 11.5 Å². The number of hydrogen-bond donors (Lipinski definition) is 0. The van der Waals surface area contributed by atoms with E-state index in [1.807, 2.05) is 48.4 Å². The summed E-state index contributed by atoms with van der Waals surface area (Å²) in [5.74, 6) is 0.569. The zero-order chi connectivity index (χ0) is 12.3. The van der Waals surface area contributed by atoms with Crippen molar-refractivity contribution in [3.8, 4) is 0 Å². The summed E-state index contributed by atoms with van der Waals surface area (Å²) in [6.45, 7) is 5.72. The van der Waals surface area contributed by atoms with Crippen LogP contribution in [0.1, 0.15) is 30.1 Å². The van der Waals surface area contributed by atoms with Gasteiger partial charge in [-0.2, -0.15) is 0 Å². The molecule has 1 aliphatic rings. The average Bonchev–Trinajstić information content (AvgIpc) is 3.19. The van der Waals surface area contributed by atoms with E-state index in [4.69, 9.17) is 0 Å². The number of ketones is 1. The molecule has 0 bridgehead atoms. The third kappa shape index (κ3) is 2.64. The molecule has 2 heteroatoms. The summed E-state index contributed by atoms with van der Waals surface area (Å²) in [6, 6.07) is 7.71. The number of allylic oxidation sites excluding steroid dienone is 1. The molecule has 0 aromatic heterocycles. The van der Waals surface area contributed by atoms with Gasteiger partial charge in [0.2, 0.25) is 0 Å². The lowest BCUT2D eigenvalue weighted by Gasteiger charge is -2.15. The summed E-state index contributed by atoms with van der Waals surface area (Å²) in [5.41, 5.74) is 1.84. The van der Waals surface area contributed by atoms with Gasteiger partial charge in [0.1, 0.15) is 0 Å². The second kappa shape index (κ2) is 5.00. The molecule has 0 N–H and O–H groups in total. The molecule has 17 heavy (non-hydrogen) atoms. The fourth-order valence-electron chi connectivity index (χ4n) is 1.79. The number of Topliss-reactive ketones (excluding diaryl/α,β-unsaturated/α-hetero) is 1. The van der Waals surface area contributed by atoms with Crippen LogP contribution >= 0.6 is 0 Å². The van der Waals surface area contributed by atoms with Gasteiger partial charge in [0.25, 0.3) is 0 Å². The van der Waals surface area contributed by atoms with E-state index in [2.05, 4.69) is 6.58 Å². The first-order chi connectivity index (χ1) is 8.26. The molecule has 0 atom stereocenters. The van der Waals surface area contributed by atoms with Crippen molar-refractivity contribution in [1.82, 2.24) is 0 Å². The minimum Gasteiger partial charge on any atom is -0.325 e. The summed E-state index contributed by atoms with van der Waals surface area (Å²) in [7, 11) is 0. The van der Waals surface area contributed by atoms with E-state index >= 15 is 0 Å². The maximum Gasteiger partial charge on any atom is 0.165 e. The van der Waals surface area contributed by atoms with Crippen LogP contribution in [0.5, 0.6) is 0 Å². The molecule has 2 nitrogen and oxygen atoms in total. The minimum absolute atomic E-state index is 0.284. The average molecular weight is 227 g/mol. The van der Waals surface area contributed by atoms with Gasteiger partial charge >= 0.3 is 0 Å². The van der Waals surface area contributed by atoms with Crippen molar-refractivity contribution in [3.05, 3.63) is 54.9 Å². The number of anilines is 1. The van der Waals surface area contributed by atoms with E-state index in [9.17, 15) is 4.79 Å². The maximum absolute atomic E-state index is 11.8. The predicted octanol–water partition coefficient (Wildman–Crippen LogP) is 3.76. The Balaban J connectivity index is 2.16. The van der Waals surface area contributed by atoms with E-state index in [-0.39, 0.29) is 11.7 Å². The minimum atomic E-state index is 0.284. The molecular weight excluding hydrogens is 210 g/mol. The van der Waals surface area contributed by atoms with Gasteiger partial charge in [-0.25, -0.2) is 0 Å². The number of benzene rings is 1. The monoisotopic (exact) mass is 227 g/mol. The fourth-order valence-corrected chi connectivity index (χ4v) is 1.79. The largest absolute Gasteiger partial charge is 0.325 e. The van der Waals surface area contributed by atoms with E-state index in [1.165, 1.54) is 0 Å². The molecule has 0 unspecified atom stereocenters. The zero-order valence-corrected chi connectivity index (χ0v) is 10.1. The van der Waals surface area contributed by atoms with Gasteiger partial charge in [0, 0.05) is 29.6 Å². The molecule has 0 spiro atoms. The van der Waals surface area contributed by atoms with Crippen LogP contribution in [0.4, 0.5) is 5.69 Å². The van der Waals surface area contributed by atoms with E-state index < -0.39 is 0 Å². The Morgan fingerprint density at radius 1 is 1.35 bits per heavy atom. The van der Waals surface area contributed by atoms with Gasteiger partial charge < -0.3 is 4.90 Å². The van der Waals surface area contributed by atoms with Gasteiger partial charge in [0.05, 0.1) is 0 Å². The Labute approximate surface area is 102 Å². The Bertz CT molecular complexity index is 440. The van der Waals surface area contributed by atoms with Gasteiger partial charge in [0.15, 0.2) is 5.78 Å². The number of rotatable bonds is 5. The highest BCUT2D eigenvalue weighted by Crippen LogP contribution is 2.32. The Hall–Kier alpha value is -1.83. The normalized spacial score (nSPS) is 14.9. The standard InChI is InChI=1S/C15H17NO/c1-3-11-16(4-2)14-9-7-13(8-10-14)15(17)12-5-6-12/h3-4,7-12H,2,5-6H2,1H3/b11-3-. The van der Waals surface area contributed by atoms with Crippen LogP contribution in [-0.2, 0) is 0 Å². The SMILES string of the molecule is C=CN(/C=C\C)c1ccc(C(=O)C2CC2)cc1. The van der Waals surface area contributed by atoms with Crippen LogP contribution in [0, 0.1) is 5.92 Å². The lowest BCUT2D eigenvalue weighted by atomic mass is 10.1. The van der Waals surface area contributed by atoms with Gasteiger partial charge in [-0.1, -0.05) is 12.7 Å². The smallest absolute Gasteiger partial charge is 0.165 e. The Morgan fingerprint density at radius 3 is 2.47 bits per heavy atom. The summed E-state index contributed by atoms with van der Waals surface area (Å²) in [4.78, 5) is 13.8. The van der Waals surface area contributed by atoms with Crippen LogP contribution < -0.4 is 4.90 Å². The first-order valence-electron chi connectivity index (χ1n) is 5.94. The molecule has 0 amide bonds. The molecule has 2 rings (SSSR count). The molecule has 0 aliphatic heterocycles. The number of carbonyl (C=O) groups is 1. The first-order valence-corrected chi connectivity index (χ1v) is 5.94. The third-order valence-electron chi connectivity index (χ3n) is 2.90. The van der Waals surface area contributed by atoms with E-state index in [1.54, 1.807) is 6.20 Å². The van der Waals surface area contributed by atoms with Crippen molar-refractivity contribution in [2.75, 3.05) is 4.90 Å². The highest BCUT2D eigenvalue weighted by molar-refractivity contribution is 5.99. The molecule has 1 saturated carbocycles. The van der Waals surface area contributed by atoms with Crippen LogP contribution in [0.3, 0.4) is 0 Å². The highest BCUT2D eigenvalue weighted by Gasteiger charge is 2.30. The van der Waals surface area contributed by atoms with Crippen molar-refractivity contribution in [2.45, 2.75) is 19.8 Å². The van der Waals surface area contributed by atoms with Gasteiger partial charge in [-0.05, 0) is 44.0 Å². The summed E-state index contributed by atoms with van der Waals surface area (Å²) >= 11 is 0. The topological polar surface area (TPSA) is 20.3 Å². The van der Waals surface area contributed by atoms with Gasteiger partial charge in [-0.15, -0.1) is 0 Å². The van der Waals surface area contributed by atoms with Crippen molar-refractivity contribution in [1.29, 1.82) is 0 Å². The van der Waals surface area contributed by atoms with E-state index in [0.717, 1.165) is 24.1 Å². The molecule has 1 aromatic rings. The van der Waals surface area contributed by atoms with E-state index in [0.29, 0.717) is 0 Å². The second-order valence-corrected chi connectivity index (χ2v) is 4.26. The Morgan fingerprint density at radius 2 is 2.00 bits per heavy atom.